The molecule has 10 heteroatoms. The third-order valence-electron chi connectivity index (χ3n) is 7.75. The fourth-order valence-electron chi connectivity index (χ4n) is 5.58. The number of imidazole rings is 1. The second-order valence-electron chi connectivity index (χ2n) is 10.0. The van der Waals surface area contributed by atoms with E-state index in [0.717, 1.165) is 18.5 Å². The first-order valence-electron chi connectivity index (χ1n) is 12.6. The molecule has 3 aromatic heterocycles. The van der Waals surface area contributed by atoms with Crippen LogP contribution in [0.4, 0.5) is 13.2 Å². The number of alkyl halides is 2. The molecular weight excluding hydrogens is 509 g/mol. The van der Waals surface area contributed by atoms with Gasteiger partial charge >= 0.3 is 12.6 Å². The molecule has 0 spiro atoms. The Hall–Kier alpha value is -4.21. The lowest BCUT2D eigenvalue weighted by atomic mass is 9.88. The Labute approximate surface area is 222 Å². The first-order valence-corrected chi connectivity index (χ1v) is 12.6. The van der Waals surface area contributed by atoms with Crippen LogP contribution >= 0.6 is 0 Å². The van der Waals surface area contributed by atoms with Crippen molar-refractivity contribution in [2.45, 2.75) is 38.7 Å². The zero-order valence-corrected chi connectivity index (χ0v) is 21.3. The Kier molecular flexibility index (Phi) is 6.12. The van der Waals surface area contributed by atoms with Gasteiger partial charge in [-0.3, -0.25) is 4.79 Å². The second-order valence-corrected chi connectivity index (χ2v) is 10.0. The van der Waals surface area contributed by atoms with E-state index < -0.39 is 17.8 Å². The molecule has 3 atom stereocenters. The molecule has 7 nitrogen and oxygen atoms in total. The summed E-state index contributed by atoms with van der Waals surface area (Å²) in [5, 5.41) is 0. The summed E-state index contributed by atoms with van der Waals surface area (Å²) >= 11 is 0. The van der Waals surface area contributed by atoms with Crippen molar-refractivity contribution in [3.8, 4) is 16.9 Å². The van der Waals surface area contributed by atoms with Gasteiger partial charge in [0, 0.05) is 59.4 Å². The van der Waals surface area contributed by atoms with Crippen LogP contribution in [0.2, 0.25) is 0 Å². The molecule has 2 aliphatic carbocycles. The normalized spacial score (nSPS) is 21.7. The van der Waals surface area contributed by atoms with Crippen LogP contribution in [0.15, 0.2) is 61.1 Å². The zero-order chi connectivity index (χ0) is 27.3. The maximum atomic E-state index is 15.2. The van der Waals surface area contributed by atoms with E-state index in [1.165, 1.54) is 19.2 Å². The molecule has 3 unspecified atom stereocenters. The number of para-hydroxylation sites is 1. The van der Waals surface area contributed by atoms with Crippen LogP contribution in [0, 0.1) is 24.1 Å². The monoisotopic (exact) mass is 534 g/mol. The SMILES string of the molecule is COC(=O)C12C=CC(c3ncc(-c4cn5c(Cc6ccccc6OC(F)F)c(C)nc5cc4F)cn3)CC1C2. The van der Waals surface area contributed by atoms with Gasteiger partial charge in [0.25, 0.3) is 0 Å². The highest BCUT2D eigenvalue weighted by atomic mass is 19.3. The molecule has 39 heavy (non-hydrogen) atoms. The Morgan fingerprint density at radius 3 is 2.72 bits per heavy atom. The number of hydrogen-bond acceptors (Lipinski definition) is 6. The van der Waals surface area contributed by atoms with Crippen molar-refractivity contribution in [1.29, 1.82) is 0 Å². The van der Waals surface area contributed by atoms with Gasteiger partial charge in [-0.15, -0.1) is 0 Å². The number of allylic oxidation sites excluding steroid dienone is 1. The van der Waals surface area contributed by atoms with Crippen LogP contribution in [-0.2, 0) is 16.0 Å². The molecule has 0 radical (unpaired) electrons. The van der Waals surface area contributed by atoms with Crippen LogP contribution in [0.25, 0.3) is 16.8 Å². The molecule has 0 aliphatic heterocycles. The van der Waals surface area contributed by atoms with E-state index in [1.54, 1.807) is 48.1 Å². The number of pyridine rings is 1. The molecule has 1 aromatic carbocycles. The highest BCUT2D eigenvalue weighted by Gasteiger charge is 2.61. The fraction of sp³-hybridized carbons (Fsp3) is 0.310. The average Bonchev–Trinajstić information content (AvgIpc) is 3.60. The topological polar surface area (TPSA) is 78.6 Å². The van der Waals surface area contributed by atoms with Crippen LogP contribution < -0.4 is 4.74 Å². The maximum absolute atomic E-state index is 15.2. The first-order chi connectivity index (χ1) is 18.8. The lowest BCUT2D eigenvalue weighted by Gasteiger charge is -2.20. The minimum Gasteiger partial charge on any atom is -0.468 e. The number of esters is 1. The molecule has 0 saturated heterocycles. The number of aryl methyl sites for hydroxylation is 1. The summed E-state index contributed by atoms with van der Waals surface area (Å²) in [5.74, 6) is 0.188. The molecule has 200 valence electrons. The number of hydrogen-bond donors (Lipinski definition) is 0. The van der Waals surface area contributed by atoms with Crippen molar-refractivity contribution < 1.29 is 27.4 Å². The lowest BCUT2D eigenvalue weighted by Crippen LogP contribution is -2.21. The van der Waals surface area contributed by atoms with Gasteiger partial charge in [0.2, 0.25) is 0 Å². The number of nitrogens with zero attached hydrogens (tertiary/aromatic N) is 4. The number of carbonyl (C=O) groups excluding carboxylic acids is 1. The number of ether oxygens (including phenoxy) is 2. The van der Waals surface area contributed by atoms with Crippen molar-refractivity contribution in [3.63, 3.8) is 0 Å². The molecule has 1 saturated carbocycles. The van der Waals surface area contributed by atoms with Crippen molar-refractivity contribution in [2.75, 3.05) is 7.11 Å². The van der Waals surface area contributed by atoms with Crippen LogP contribution in [0.3, 0.4) is 0 Å². The van der Waals surface area contributed by atoms with Crippen molar-refractivity contribution in [3.05, 3.63) is 89.7 Å². The van der Waals surface area contributed by atoms with E-state index in [-0.39, 0.29) is 35.5 Å². The first kappa shape index (κ1) is 25.1. The molecule has 0 bridgehead atoms. The third kappa shape index (κ3) is 4.43. The maximum Gasteiger partial charge on any atom is 0.387 e. The van der Waals surface area contributed by atoms with Gasteiger partial charge in [-0.05, 0) is 31.7 Å². The number of aromatic nitrogens is 4. The molecule has 0 amide bonds. The van der Waals surface area contributed by atoms with E-state index in [2.05, 4.69) is 19.7 Å². The second kappa shape index (κ2) is 9.52. The number of rotatable bonds is 7. The zero-order valence-electron chi connectivity index (χ0n) is 21.3. The molecule has 6 rings (SSSR count). The Bertz CT molecular complexity index is 1600. The Morgan fingerprint density at radius 1 is 1.23 bits per heavy atom. The van der Waals surface area contributed by atoms with Crippen LogP contribution in [0.5, 0.6) is 5.75 Å². The minimum atomic E-state index is -2.94. The summed E-state index contributed by atoms with van der Waals surface area (Å²) < 4.78 is 52.4. The lowest BCUT2D eigenvalue weighted by molar-refractivity contribution is -0.145. The van der Waals surface area contributed by atoms with Gasteiger partial charge in [0.05, 0.1) is 18.2 Å². The summed E-state index contributed by atoms with van der Waals surface area (Å²) in [4.78, 5) is 25.6. The highest BCUT2D eigenvalue weighted by Crippen LogP contribution is 2.61. The molecular formula is C29H25F3N4O3. The highest BCUT2D eigenvalue weighted by molar-refractivity contribution is 5.83. The van der Waals surface area contributed by atoms with Gasteiger partial charge in [0.1, 0.15) is 23.0 Å². The van der Waals surface area contributed by atoms with Crippen molar-refractivity contribution >= 4 is 11.6 Å². The smallest absolute Gasteiger partial charge is 0.387 e. The van der Waals surface area contributed by atoms with E-state index >= 15 is 4.39 Å². The number of benzene rings is 1. The fourth-order valence-corrected chi connectivity index (χ4v) is 5.58. The molecule has 3 heterocycles. The van der Waals surface area contributed by atoms with Gasteiger partial charge in [-0.2, -0.15) is 8.78 Å². The van der Waals surface area contributed by atoms with E-state index in [9.17, 15) is 13.6 Å². The number of methoxy groups -OCH3 is 1. The van der Waals surface area contributed by atoms with Gasteiger partial charge in [0.15, 0.2) is 0 Å². The van der Waals surface area contributed by atoms with Crippen LogP contribution in [-0.4, -0.2) is 39.0 Å². The summed E-state index contributed by atoms with van der Waals surface area (Å²) in [5.41, 5.74) is 2.62. The Balaban J connectivity index is 1.29. The minimum absolute atomic E-state index is 0.0323. The Morgan fingerprint density at radius 2 is 2.00 bits per heavy atom. The van der Waals surface area contributed by atoms with Crippen molar-refractivity contribution in [1.82, 2.24) is 19.4 Å². The van der Waals surface area contributed by atoms with Gasteiger partial charge in [-0.25, -0.2) is 19.3 Å². The molecule has 4 aromatic rings. The summed E-state index contributed by atoms with van der Waals surface area (Å²) in [6, 6.07) is 7.91. The molecule has 0 N–H and O–H groups in total. The summed E-state index contributed by atoms with van der Waals surface area (Å²) in [6.07, 6.45) is 10.5. The van der Waals surface area contributed by atoms with Gasteiger partial charge in [-0.1, -0.05) is 30.4 Å². The predicted molar refractivity (Wildman–Crippen MR) is 136 cm³/mol. The van der Waals surface area contributed by atoms with Crippen molar-refractivity contribution in [2.24, 2.45) is 11.3 Å². The average molecular weight is 535 g/mol. The van der Waals surface area contributed by atoms with E-state index in [4.69, 9.17) is 4.74 Å². The number of fused-ring (bicyclic) bond motifs is 2. The predicted octanol–water partition coefficient (Wildman–Crippen LogP) is 5.65. The number of carbonyl (C=O) groups is 1. The molecule has 1 fully saturated rings. The quantitative estimate of drug-likeness (QED) is 0.225. The standard InChI is InChI=1S/C29H25F3N4O3/c1-16-23(10-17-5-3-4-6-24(17)39-28(31)32)36-15-21(22(30)11-25(36)35-16)19-13-33-26(34-14-19)18-7-8-29(27(37)38-2)12-20(29)9-18/h3-8,11,13-15,18,20,28H,9-10,12H2,1-2H3. The molecule has 2 aliphatic rings. The third-order valence-corrected chi connectivity index (χ3v) is 7.75. The van der Waals surface area contributed by atoms with E-state index in [1.807, 2.05) is 12.2 Å². The van der Waals surface area contributed by atoms with Gasteiger partial charge < -0.3 is 13.9 Å². The summed E-state index contributed by atoms with van der Waals surface area (Å²) in [6.45, 7) is -1.15. The van der Waals surface area contributed by atoms with E-state index in [0.29, 0.717) is 28.3 Å². The largest absolute Gasteiger partial charge is 0.468 e. The van der Waals surface area contributed by atoms with Crippen LogP contribution in [0.1, 0.15) is 41.5 Å². The summed E-state index contributed by atoms with van der Waals surface area (Å²) in [7, 11) is 1.40. The number of halogens is 3.